The van der Waals surface area contributed by atoms with E-state index >= 15 is 0 Å². The van der Waals surface area contributed by atoms with Gasteiger partial charge in [-0.3, -0.25) is 0 Å². The van der Waals surface area contributed by atoms with Crippen molar-refractivity contribution in [2.45, 2.75) is 26.2 Å². The fraction of sp³-hybridized carbons (Fsp3) is 0.575. The van der Waals surface area contributed by atoms with E-state index in [1.54, 1.807) is 6.21 Å². The maximum absolute atomic E-state index is 5.64. The third kappa shape index (κ3) is 16.5. The molecule has 0 unspecified atom stereocenters. The van der Waals surface area contributed by atoms with Gasteiger partial charge in [0.25, 0.3) is 0 Å². The summed E-state index contributed by atoms with van der Waals surface area (Å²) in [5.41, 5.74) is 1.03. The van der Waals surface area contributed by atoms with Crippen LogP contribution in [-0.2, 0) is 47.5 Å². The Kier molecular flexibility index (Phi) is 21.4. The van der Waals surface area contributed by atoms with Crippen molar-refractivity contribution >= 4 is 38.5 Å². The van der Waals surface area contributed by atoms with Gasteiger partial charge in [0.2, 0.25) is 0 Å². The van der Waals surface area contributed by atoms with Crippen molar-refractivity contribution < 1.29 is 47.5 Å². The quantitative estimate of drug-likeness (QED) is 0.0243. The molecule has 0 aliphatic rings. The third-order valence-electron chi connectivity index (χ3n) is 7.86. The van der Waals surface area contributed by atoms with E-state index in [1.165, 1.54) is 32.3 Å². The summed E-state index contributed by atoms with van der Waals surface area (Å²) in [6.45, 7) is 12.8. The fourth-order valence-corrected chi connectivity index (χ4v) is 5.38. The minimum Gasteiger partial charge on any atom is -0.396 e. The van der Waals surface area contributed by atoms with Crippen LogP contribution in [0.2, 0.25) is 0 Å². The molecule has 0 atom stereocenters. The van der Waals surface area contributed by atoms with Crippen LogP contribution in [-0.4, -0.2) is 132 Å². The molecule has 0 bridgehead atoms. The summed E-state index contributed by atoms with van der Waals surface area (Å²) >= 11 is 0. The normalized spacial score (nSPS) is 12.0. The highest BCUT2D eigenvalue weighted by Gasteiger charge is 2.08. The van der Waals surface area contributed by atoms with Crippen LogP contribution < -0.4 is 0 Å². The van der Waals surface area contributed by atoms with Gasteiger partial charge in [-0.15, -0.1) is 0 Å². The van der Waals surface area contributed by atoms with Gasteiger partial charge in [0.05, 0.1) is 112 Å². The van der Waals surface area contributed by atoms with E-state index in [2.05, 4.69) is 66.7 Å². The lowest BCUT2D eigenvalue weighted by Crippen LogP contribution is -2.15. The van der Waals surface area contributed by atoms with Gasteiger partial charge in [0, 0.05) is 13.2 Å². The van der Waals surface area contributed by atoms with Crippen LogP contribution >= 0.6 is 0 Å². The SMILES string of the molecule is CCCOCCOCCOCCOCCOCCOCCOCCOCCOCCCCO/N=C/c1cc2ccc3cccc4ccc(c1)c2c34. The molecule has 0 saturated carbocycles. The molecule has 0 fully saturated rings. The van der Waals surface area contributed by atoms with Crippen molar-refractivity contribution in [2.24, 2.45) is 5.16 Å². The Balaban J connectivity index is 0.839. The molecular weight excluding hydrogens is 654 g/mol. The maximum atomic E-state index is 5.64. The summed E-state index contributed by atoms with van der Waals surface area (Å²) in [6, 6.07) is 19.5. The summed E-state index contributed by atoms with van der Waals surface area (Å²) < 4.78 is 49.4. The predicted octanol–water partition coefficient (Wildman–Crippen LogP) is 6.27. The molecule has 0 saturated heterocycles. The Morgan fingerprint density at radius 3 is 1.20 bits per heavy atom. The van der Waals surface area contributed by atoms with Crippen LogP contribution in [0, 0.1) is 0 Å². The number of rotatable bonds is 33. The summed E-state index contributed by atoms with van der Waals surface area (Å²) in [5, 5.41) is 11.8. The monoisotopic (exact) mass is 711 g/mol. The van der Waals surface area contributed by atoms with E-state index in [0.717, 1.165) is 31.4 Å². The molecule has 0 radical (unpaired) electrons. The highest BCUT2D eigenvalue weighted by molar-refractivity contribution is 6.23. The number of unbranched alkanes of at least 4 members (excludes halogenated alkanes) is 1. The molecule has 4 rings (SSSR count). The Labute approximate surface area is 302 Å². The average Bonchev–Trinajstić information content (AvgIpc) is 3.15. The largest absolute Gasteiger partial charge is 0.396 e. The van der Waals surface area contributed by atoms with Crippen LogP contribution in [0.1, 0.15) is 31.7 Å². The molecule has 4 aromatic rings. The van der Waals surface area contributed by atoms with Crippen LogP contribution in [0.4, 0.5) is 0 Å². The standard InChI is InChI=1S/C40H57NO10/c1-2-12-42-15-17-44-19-21-46-23-25-48-27-29-50-30-28-49-26-24-47-22-20-45-18-16-43-13-3-4-14-51-41-33-34-31-37-10-8-35-6-5-7-36-9-11-38(32-34)40(37)39(35)36/h5-11,31-33H,2-4,12-30H2,1H3/b41-33+. The first-order valence-electron chi connectivity index (χ1n) is 18.4. The second-order valence-corrected chi connectivity index (χ2v) is 11.8. The predicted molar refractivity (Wildman–Crippen MR) is 201 cm³/mol. The Hall–Kier alpha value is -2.97. The number of hydrogen-bond donors (Lipinski definition) is 0. The minimum atomic E-state index is 0.519. The Bertz CT molecular complexity index is 1400. The third-order valence-corrected chi connectivity index (χ3v) is 7.86. The first-order valence-corrected chi connectivity index (χ1v) is 18.4. The van der Waals surface area contributed by atoms with Crippen molar-refractivity contribution in [3.8, 4) is 0 Å². The zero-order valence-corrected chi connectivity index (χ0v) is 30.4. The molecule has 4 aromatic carbocycles. The topological polar surface area (TPSA) is 105 Å². The number of ether oxygens (including phenoxy) is 9. The molecule has 282 valence electrons. The van der Waals surface area contributed by atoms with Crippen LogP contribution in [0.15, 0.2) is 59.8 Å². The summed E-state index contributed by atoms with van der Waals surface area (Å²) in [5.74, 6) is 0. The summed E-state index contributed by atoms with van der Waals surface area (Å²) in [4.78, 5) is 5.50. The molecule has 0 aromatic heterocycles. The van der Waals surface area contributed by atoms with Crippen molar-refractivity contribution in [3.63, 3.8) is 0 Å². The van der Waals surface area contributed by atoms with Gasteiger partial charge < -0.3 is 47.5 Å². The lowest BCUT2D eigenvalue weighted by molar-refractivity contribution is -0.0250. The zero-order valence-electron chi connectivity index (χ0n) is 30.4. The van der Waals surface area contributed by atoms with E-state index in [0.29, 0.717) is 119 Å². The molecule has 11 nitrogen and oxygen atoms in total. The van der Waals surface area contributed by atoms with E-state index in [-0.39, 0.29) is 0 Å². The summed E-state index contributed by atoms with van der Waals surface area (Å²) in [7, 11) is 0. The molecule has 0 spiro atoms. The van der Waals surface area contributed by atoms with E-state index in [4.69, 9.17) is 47.5 Å². The molecule has 0 amide bonds. The van der Waals surface area contributed by atoms with E-state index < -0.39 is 0 Å². The van der Waals surface area contributed by atoms with Gasteiger partial charge in [0.15, 0.2) is 0 Å². The minimum absolute atomic E-state index is 0.519. The van der Waals surface area contributed by atoms with E-state index in [9.17, 15) is 0 Å². The highest BCUT2D eigenvalue weighted by atomic mass is 16.6. The van der Waals surface area contributed by atoms with Gasteiger partial charge in [-0.05, 0) is 69.3 Å². The highest BCUT2D eigenvalue weighted by Crippen LogP contribution is 2.34. The first kappa shape index (κ1) is 40.8. The van der Waals surface area contributed by atoms with E-state index in [1.807, 2.05) is 0 Å². The Morgan fingerprint density at radius 2 is 0.765 bits per heavy atom. The van der Waals surface area contributed by atoms with Crippen LogP contribution in [0.5, 0.6) is 0 Å². The smallest absolute Gasteiger partial charge is 0.117 e. The van der Waals surface area contributed by atoms with Gasteiger partial charge in [-0.25, -0.2) is 0 Å². The lowest BCUT2D eigenvalue weighted by Gasteiger charge is -2.11. The molecule has 0 N–H and O–H groups in total. The second-order valence-electron chi connectivity index (χ2n) is 11.8. The number of benzene rings is 4. The zero-order chi connectivity index (χ0) is 35.4. The van der Waals surface area contributed by atoms with Crippen LogP contribution in [0.25, 0.3) is 32.3 Å². The molecule has 11 heteroatoms. The molecule has 51 heavy (non-hydrogen) atoms. The molecule has 0 heterocycles. The van der Waals surface area contributed by atoms with Crippen molar-refractivity contribution in [2.75, 3.05) is 126 Å². The Morgan fingerprint density at radius 1 is 0.412 bits per heavy atom. The second kappa shape index (κ2) is 26.8. The molecular formula is C40H57NO10. The molecule has 0 aliphatic carbocycles. The average molecular weight is 712 g/mol. The van der Waals surface area contributed by atoms with Crippen molar-refractivity contribution in [1.29, 1.82) is 0 Å². The van der Waals surface area contributed by atoms with Gasteiger partial charge >= 0.3 is 0 Å². The number of oxime groups is 1. The first-order chi connectivity index (χ1) is 25.4. The summed E-state index contributed by atoms with van der Waals surface area (Å²) in [6.07, 6.45) is 4.59. The lowest BCUT2D eigenvalue weighted by atomic mass is 9.93. The molecule has 0 aliphatic heterocycles. The number of hydrogen-bond acceptors (Lipinski definition) is 11. The number of nitrogens with zero attached hydrogens (tertiary/aromatic N) is 1. The van der Waals surface area contributed by atoms with Crippen molar-refractivity contribution in [3.05, 3.63) is 60.2 Å². The fourth-order valence-electron chi connectivity index (χ4n) is 5.38. The van der Waals surface area contributed by atoms with Gasteiger partial charge in [-0.2, -0.15) is 0 Å². The van der Waals surface area contributed by atoms with Crippen molar-refractivity contribution in [1.82, 2.24) is 0 Å². The van der Waals surface area contributed by atoms with Crippen LogP contribution in [0.3, 0.4) is 0 Å². The van der Waals surface area contributed by atoms with Gasteiger partial charge in [-0.1, -0.05) is 54.5 Å². The van der Waals surface area contributed by atoms with Gasteiger partial charge in [0.1, 0.15) is 6.61 Å². The maximum Gasteiger partial charge on any atom is 0.117 e.